The van der Waals surface area contributed by atoms with E-state index in [2.05, 4.69) is 11.9 Å². The minimum Gasteiger partial charge on any atom is -0.493 e. The first-order valence-corrected chi connectivity index (χ1v) is 7.85. The second kappa shape index (κ2) is 8.68. The normalized spacial score (nSPS) is 10.0. The summed E-state index contributed by atoms with van der Waals surface area (Å²) in [5.74, 6) is 0.559. The first-order valence-electron chi connectivity index (χ1n) is 7.85. The summed E-state index contributed by atoms with van der Waals surface area (Å²) in [5.41, 5.74) is 1.97. The number of para-hydroxylation sites is 1. The number of ether oxygens (including phenoxy) is 2. The Hall–Kier alpha value is -3.08. The van der Waals surface area contributed by atoms with Gasteiger partial charge in [0.1, 0.15) is 0 Å². The number of hydrogen-bond acceptors (Lipinski definition) is 4. The van der Waals surface area contributed by atoms with Crippen molar-refractivity contribution in [2.45, 2.75) is 13.3 Å². The molecule has 0 aliphatic rings. The van der Waals surface area contributed by atoms with Gasteiger partial charge < -0.3 is 14.8 Å². The summed E-state index contributed by atoms with van der Waals surface area (Å²) >= 11 is 0. The highest BCUT2D eigenvalue weighted by Crippen LogP contribution is 2.28. The monoisotopic (exact) mass is 339 g/mol. The molecule has 1 amide bonds. The third-order valence-corrected chi connectivity index (χ3v) is 3.55. The molecule has 0 saturated heterocycles. The van der Waals surface area contributed by atoms with Gasteiger partial charge in [0.25, 0.3) is 5.91 Å². The number of ketones is 1. The predicted octanol–water partition coefficient (Wildman–Crippen LogP) is 3.64. The van der Waals surface area contributed by atoms with Crippen LogP contribution in [0.1, 0.15) is 22.8 Å². The van der Waals surface area contributed by atoms with E-state index < -0.39 is 0 Å². The highest BCUT2D eigenvalue weighted by atomic mass is 16.5. The van der Waals surface area contributed by atoms with Crippen LogP contribution in [0.3, 0.4) is 0 Å². The summed E-state index contributed by atoms with van der Waals surface area (Å²) in [7, 11) is 1.54. The minimum atomic E-state index is -0.356. The molecule has 2 rings (SSSR count). The number of allylic oxidation sites excluding steroid dienone is 1. The van der Waals surface area contributed by atoms with Crippen molar-refractivity contribution in [2.75, 3.05) is 19.0 Å². The molecular weight excluding hydrogens is 318 g/mol. The van der Waals surface area contributed by atoms with Crippen LogP contribution in [0.5, 0.6) is 11.5 Å². The van der Waals surface area contributed by atoms with Crippen LogP contribution in [-0.4, -0.2) is 25.4 Å². The zero-order valence-corrected chi connectivity index (χ0v) is 14.4. The lowest BCUT2D eigenvalue weighted by molar-refractivity contribution is -0.118. The van der Waals surface area contributed by atoms with E-state index in [0.29, 0.717) is 22.7 Å². The fourth-order valence-corrected chi connectivity index (χ4v) is 2.35. The summed E-state index contributed by atoms with van der Waals surface area (Å²) in [6.07, 6.45) is 2.52. The molecule has 5 nitrogen and oxygen atoms in total. The molecule has 0 aliphatic carbocycles. The van der Waals surface area contributed by atoms with Crippen molar-refractivity contribution in [3.63, 3.8) is 0 Å². The van der Waals surface area contributed by atoms with E-state index in [0.717, 1.165) is 12.0 Å². The number of carbonyl (C=O) groups is 2. The Bertz CT molecular complexity index is 783. The molecule has 25 heavy (non-hydrogen) atoms. The van der Waals surface area contributed by atoms with Gasteiger partial charge in [0.2, 0.25) is 0 Å². The number of anilines is 1. The lowest BCUT2D eigenvalue weighted by Gasteiger charge is -2.13. The molecular formula is C20H21NO4. The van der Waals surface area contributed by atoms with Crippen LogP contribution >= 0.6 is 0 Å². The van der Waals surface area contributed by atoms with E-state index in [1.165, 1.54) is 6.92 Å². The number of hydrogen-bond donors (Lipinski definition) is 1. The zero-order chi connectivity index (χ0) is 18.2. The standard InChI is InChI=1S/C20H21NO4/c1-4-7-15-10-11-18(19(12-15)24-3)25-13-20(23)21-17-9-6-5-8-16(17)14(2)22/h4-6,8-12H,1,7,13H2,2-3H3,(H,21,23). The van der Waals surface area contributed by atoms with Gasteiger partial charge in [-0.1, -0.05) is 24.3 Å². The van der Waals surface area contributed by atoms with Gasteiger partial charge in [-0.05, 0) is 43.2 Å². The fourth-order valence-electron chi connectivity index (χ4n) is 2.35. The van der Waals surface area contributed by atoms with Crippen molar-refractivity contribution >= 4 is 17.4 Å². The van der Waals surface area contributed by atoms with E-state index in [4.69, 9.17) is 9.47 Å². The van der Waals surface area contributed by atoms with E-state index in [-0.39, 0.29) is 18.3 Å². The van der Waals surface area contributed by atoms with Gasteiger partial charge in [-0.25, -0.2) is 0 Å². The Morgan fingerprint density at radius 2 is 1.92 bits per heavy atom. The molecule has 0 saturated carbocycles. The highest BCUT2D eigenvalue weighted by molar-refractivity contribution is 6.03. The molecule has 0 atom stereocenters. The maximum atomic E-state index is 12.1. The number of nitrogens with one attached hydrogen (secondary N) is 1. The van der Waals surface area contributed by atoms with Crippen molar-refractivity contribution in [3.8, 4) is 11.5 Å². The molecule has 0 bridgehead atoms. The second-order valence-electron chi connectivity index (χ2n) is 5.42. The number of carbonyl (C=O) groups excluding carboxylic acids is 2. The number of Topliss-reactive ketones (excluding diaryl/α,β-unsaturated/α-hetero) is 1. The Morgan fingerprint density at radius 1 is 1.16 bits per heavy atom. The zero-order valence-electron chi connectivity index (χ0n) is 14.4. The maximum absolute atomic E-state index is 12.1. The van der Waals surface area contributed by atoms with Crippen LogP contribution in [0, 0.1) is 0 Å². The molecule has 0 aromatic heterocycles. The van der Waals surface area contributed by atoms with Crippen LogP contribution in [0.2, 0.25) is 0 Å². The molecule has 2 aromatic carbocycles. The number of amides is 1. The molecule has 130 valence electrons. The number of methoxy groups -OCH3 is 1. The predicted molar refractivity (Wildman–Crippen MR) is 97.5 cm³/mol. The summed E-state index contributed by atoms with van der Waals surface area (Å²) in [4.78, 5) is 23.7. The van der Waals surface area contributed by atoms with Crippen LogP contribution in [0.4, 0.5) is 5.69 Å². The van der Waals surface area contributed by atoms with Crippen LogP contribution in [-0.2, 0) is 11.2 Å². The number of rotatable bonds is 8. The molecule has 0 spiro atoms. The van der Waals surface area contributed by atoms with Gasteiger partial charge in [-0.3, -0.25) is 9.59 Å². The van der Waals surface area contributed by atoms with Crippen LogP contribution < -0.4 is 14.8 Å². The summed E-state index contributed by atoms with van der Waals surface area (Å²) < 4.78 is 10.8. The quantitative estimate of drug-likeness (QED) is 0.589. The van der Waals surface area contributed by atoms with Gasteiger partial charge >= 0.3 is 0 Å². The SMILES string of the molecule is C=CCc1ccc(OCC(=O)Nc2ccccc2C(C)=O)c(OC)c1. The van der Waals surface area contributed by atoms with Crippen molar-refractivity contribution in [1.82, 2.24) is 0 Å². The van der Waals surface area contributed by atoms with Gasteiger partial charge in [-0.2, -0.15) is 0 Å². The Balaban J connectivity index is 2.03. The Kier molecular flexibility index (Phi) is 6.34. The Morgan fingerprint density at radius 3 is 2.60 bits per heavy atom. The molecule has 0 heterocycles. The lowest BCUT2D eigenvalue weighted by Crippen LogP contribution is -2.21. The maximum Gasteiger partial charge on any atom is 0.262 e. The third-order valence-electron chi connectivity index (χ3n) is 3.55. The smallest absolute Gasteiger partial charge is 0.262 e. The van der Waals surface area contributed by atoms with Crippen LogP contribution in [0.15, 0.2) is 55.1 Å². The lowest BCUT2D eigenvalue weighted by atomic mass is 10.1. The average Bonchev–Trinajstić information content (AvgIpc) is 2.61. The van der Waals surface area contributed by atoms with Gasteiger partial charge in [0.15, 0.2) is 23.9 Å². The molecule has 1 N–H and O–H groups in total. The highest BCUT2D eigenvalue weighted by Gasteiger charge is 2.12. The topological polar surface area (TPSA) is 64.6 Å². The van der Waals surface area contributed by atoms with Crippen LogP contribution in [0.25, 0.3) is 0 Å². The summed E-state index contributed by atoms with van der Waals surface area (Å²) in [5, 5.41) is 2.69. The summed E-state index contributed by atoms with van der Waals surface area (Å²) in [6.45, 7) is 4.97. The van der Waals surface area contributed by atoms with Crippen molar-refractivity contribution in [3.05, 3.63) is 66.2 Å². The average molecular weight is 339 g/mol. The first kappa shape index (κ1) is 18.3. The molecule has 5 heteroatoms. The van der Waals surface area contributed by atoms with Crippen molar-refractivity contribution in [2.24, 2.45) is 0 Å². The van der Waals surface area contributed by atoms with Crippen molar-refractivity contribution in [1.29, 1.82) is 0 Å². The Labute approximate surface area is 147 Å². The van der Waals surface area contributed by atoms with Crippen molar-refractivity contribution < 1.29 is 19.1 Å². The molecule has 0 fully saturated rings. The van der Waals surface area contributed by atoms with Gasteiger partial charge in [0, 0.05) is 5.56 Å². The second-order valence-corrected chi connectivity index (χ2v) is 5.42. The van der Waals surface area contributed by atoms with E-state index >= 15 is 0 Å². The summed E-state index contributed by atoms with van der Waals surface area (Å²) in [6, 6.07) is 12.3. The largest absolute Gasteiger partial charge is 0.493 e. The molecule has 2 aromatic rings. The molecule has 0 radical (unpaired) electrons. The molecule has 0 unspecified atom stereocenters. The van der Waals surface area contributed by atoms with Gasteiger partial charge in [0.05, 0.1) is 12.8 Å². The first-order chi connectivity index (χ1) is 12.0. The van der Waals surface area contributed by atoms with Gasteiger partial charge in [-0.15, -0.1) is 6.58 Å². The van der Waals surface area contributed by atoms with E-state index in [1.807, 2.05) is 12.1 Å². The molecule has 0 aliphatic heterocycles. The van der Waals surface area contributed by atoms with E-state index in [9.17, 15) is 9.59 Å². The fraction of sp³-hybridized carbons (Fsp3) is 0.200. The van der Waals surface area contributed by atoms with E-state index in [1.54, 1.807) is 43.5 Å². The third kappa shape index (κ3) is 4.94. The number of benzene rings is 2. The minimum absolute atomic E-state index is 0.115.